The van der Waals surface area contributed by atoms with Gasteiger partial charge >= 0.3 is 0 Å². The Bertz CT molecular complexity index is 1080. The van der Waals surface area contributed by atoms with Gasteiger partial charge in [-0.2, -0.15) is 0 Å². The van der Waals surface area contributed by atoms with Crippen molar-refractivity contribution in [1.82, 2.24) is 5.32 Å². The van der Waals surface area contributed by atoms with Crippen LogP contribution in [0.25, 0.3) is 0 Å². The number of nitrogens with zero attached hydrogens (tertiary/aromatic N) is 1. The number of nitrogens with one attached hydrogen (secondary N) is 1. The summed E-state index contributed by atoms with van der Waals surface area (Å²) in [6.45, 7) is -0.212. The van der Waals surface area contributed by atoms with E-state index in [1.807, 2.05) is 0 Å². The van der Waals surface area contributed by atoms with Gasteiger partial charge < -0.3 is 15.8 Å². The van der Waals surface area contributed by atoms with Gasteiger partial charge in [0.05, 0.1) is 6.61 Å². The van der Waals surface area contributed by atoms with Gasteiger partial charge in [0, 0.05) is 34.4 Å². The van der Waals surface area contributed by atoms with Crippen molar-refractivity contribution in [3.05, 3.63) is 65.5 Å². The number of anilines is 1. The Hall–Kier alpha value is -2.52. The summed E-state index contributed by atoms with van der Waals surface area (Å²) in [5.74, 6) is -5.28. The van der Waals surface area contributed by atoms with Crippen LogP contribution in [-0.4, -0.2) is 35.5 Å². The lowest BCUT2D eigenvalue weighted by Gasteiger charge is -2.38. The van der Waals surface area contributed by atoms with Crippen LogP contribution in [0.5, 0.6) is 0 Å². The zero-order valence-corrected chi connectivity index (χ0v) is 17.9. The largest absolute Gasteiger partial charge is 0.399 e. The van der Waals surface area contributed by atoms with E-state index in [1.165, 1.54) is 30.0 Å². The molecule has 3 aliphatic rings. The monoisotopic (exact) mass is 461 g/mol. The molecule has 5 nitrogen and oxygen atoms in total. The van der Waals surface area contributed by atoms with Gasteiger partial charge in [0.1, 0.15) is 17.5 Å². The maximum Gasteiger partial charge on any atom is 0.276 e. The van der Waals surface area contributed by atoms with E-state index in [0.29, 0.717) is 24.1 Å². The summed E-state index contributed by atoms with van der Waals surface area (Å²) >= 11 is 1.17. The molecule has 2 heterocycles. The average molecular weight is 462 g/mol. The number of nitrogens with two attached hydrogens (primary N) is 1. The van der Waals surface area contributed by atoms with Crippen molar-refractivity contribution in [3.63, 3.8) is 0 Å². The third-order valence-corrected chi connectivity index (χ3v) is 7.37. The third-order valence-electron chi connectivity index (χ3n) is 6.38. The predicted molar refractivity (Wildman–Crippen MR) is 117 cm³/mol. The van der Waals surface area contributed by atoms with Gasteiger partial charge in [-0.1, -0.05) is 30.0 Å². The van der Waals surface area contributed by atoms with Crippen LogP contribution in [-0.2, 0) is 10.3 Å². The van der Waals surface area contributed by atoms with Crippen LogP contribution in [0.3, 0.4) is 0 Å². The van der Waals surface area contributed by atoms with Crippen LogP contribution >= 0.6 is 11.8 Å². The third kappa shape index (κ3) is 3.57. The Morgan fingerprint density at radius 3 is 2.69 bits per heavy atom. The van der Waals surface area contributed by atoms with E-state index < -0.39 is 35.2 Å². The van der Waals surface area contributed by atoms with Crippen molar-refractivity contribution in [1.29, 1.82) is 0 Å². The number of benzene rings is 2. The van der Waals surface area contributed by atoms with Gasteiger partial charge in [-0.05, 0) is 43.2 Å². The van der Waals surface area contributed by atoms with Crippen molar-refractivity contribution >= 4 is 28.5 Å². The van der Waals surface area contributed by atoms with E-state index in [-0.39, 0.29) is 29.0 Å². The molecule has 0 radical (unpaired) electrons. The van der Waals surface area contributed by atoms with Crippen molar-refractivity contribution in [2.24, 2.45) is 16.8 Å². The molecule has 0 aromatic heterocycles. The standard InChI is InChI=1S/C23H22F3N3O2S/c24-18-9-8-15(27)10-16(18)22-12-31-19(23(25,26)14-6-7-14)17(22)11-32-21(29-22)28-20(30)13-4-2-1-3-5-13/h1-5,8-10,14,17,19H,6-7,11-12,27H2,(H,28,29,30)/t17-,19?,22-/m1/s1. The number of hydrogen-bond acceptors (Lipinski definition) is 5. The van der Waals surface area contributed by atoms with E-state index in [1.54, 1.807) is 30.3 Å². The van der Waals surface area contributed by atoms with Crippen LogP contribution < -0.4 is 11.1 Å². The number of rotatable bonds is 4. The minimum absolute atomic E-state index is 0.114. The number of ether oxygens (including phenoxy) is 1. The lowest BCUT2D eigenvalue weighted by molar-refractivity contribution is -0.141. The number of aliphatic imine (C=N–C) groups is 1. The lowest BCUT2D eigenvalue weighted by atomic mass is 9.76. The van der Waals surface area contributed by atoms with Gasteiger partial charge in [0.2, 0.25) is 0 Å². The summed E-state index contributed by atoms with van der Waals surface area (Å²) in [5.41, 5.74) is 5.36. The van der Waals surface area contributed by atoms with Gasteiger partial charge in [0.15, 0.2) is 5.17 Å². The van der Waals surface area contributed by atoms with E-state index in [9.17, 15) is 9.18 Å². The molecular weight excluding hydrogens is 439 g/mol. The molecule has 1 unspecified atom stereocenters. The Morgan fingerprint density at radius 2 is 1.97 bits per heavy atom. The molecule has 0 bridgehead atoms. The summed E-state index contributed by atoms with van der Waals surface area (Å²) < 4.78 is 50.9. The molecule has 168 valence electrons. The van der Waals surface area contributed by atoms with E-state index in [0.717, 1.165) is 0 Å². The van der Waals surface area contributed by atoms with E-state index >= 15 is 8.78 Å². The van der Waals surface area contributed by atoms with Crippen LogP contribution in [0.15, 0.2) is 53.5 Å². The molecule has 1 amide bonds. The number of carbonyl (C=O) groups excluding carboxylic acids is 1. The Labute approximate surface area is 187 Å². The highest BCUT2D eigenvalue weighted by Gasteiger charge is 2.65. The molecule has 3 atom stereocenters. The smallest absolute Gasteiger partial charge is 0.276 e. The fourth-order valence-electron chi connectivity index (χ4n) is 4.53. The van der Waals surface area contributed by atoms with Gasteiger partial charge in [0.25, 0.3) is 11.8 Å². The summed E-state index contributed by atoms with van der Waals surface area (Å²) in [5, 5.41) is 2.99. The minimum atomic E-state index is -3.02. The summed E-state index contributed by atoms with van der Waals surface area (Å²) in [6.07, 6.45) is -0.472. The minimum Gasteiger partial charge on any atom is -0.399 e. The number of amides is 1. The van der Waals surface area contributed by atoms with Gasteiger partial charge in [-0.15, -0.1) is 0 Å². The summed E-state index contributed by atoms with van der Waals surface area (Å²) in [6, 6.07) is 12.6. The van der Waals surface area contributed by atoms with Crippen molar-refractivity contribution in [3.8, 4) is 0 Å². The van der Waals surface area contributed by atoms with Crippen LogP contribution in [0.4, 0.5) is 18.9 Å². The van der Waals surface area contributed by atoms with Crippen LogP contribution in [0.2, 0.25) is 0 Å². The number of thioether (sulfide) groups is 1. The average Bonchev–Trinajstić information content (AvgIpc) is 3.57. The molecule has 2 aliphatic heterocycles. The van der Waals surface area contributed by atoms with Crippen molar-refractivity contribution in [2.45, 2.75) is 30.4 Å². The molecule has 9 heteroatoms. The molecule has 1 saturated carbocycles. The van der Waals surface area contributed by atoms with Crippen molar-refractivity contribution < 1.29 is 22.7 Å². The quantitative estimate of drug-likeness (QED) is 0.670. The number of amidine groups is 1. The van der Waals surface area contributed by atoms with Gasteiger partial charge in [-0.3, -0.25) is 4.79 Å². The first-order valence-electron chi connectivity index (χ1n) is 10.5. The second-order valence-corrected chi connectivity index (χ2v) is 9.51. The fraction of sp³-hybridized carbons (Fsp3) is 0.391. The number of fused-ring (bicyclic) bond motifs is 1. The normalized spacial score (nSPS) is 27.5. The highest BCUT2D eigenvalue weighted by Crippen LogP contribution is 2.56. The number of hydrogen-bond donors (Lipinski definition) is 2. The molecule has 5 rings (SSSR count). The van der Waals surface area contributed by atoms with Gasteiger partial charge in [-0.25, -0.2) is 18.2 Å². The number of alkyl halides is 2. The molecule has 2 fully saturated rings. The fourth-order valence-corrected chi connectivity index (χ4v) is 5.71. The van der Waals surface area contributed by atoms with Crippen LogP contribution in [0, 0.1) is 17.7 Å². The summed E-state index contributed by atoms with van der Waals surface area (Å²) in [4.78, 5) is 17.3. The molecule has 2 aromatic carbocycles. The Kier molecular flexibility index (Phi) is 5.21. The Morgan fingerprint density at radius 1 is 1.22 bits per heavy atom. The SMILES string of the molecule is Nc1ccc(F)c([C@]23COC(C(F)(F)C4CC4)[C@H]2CSC(NC(=O)c2ccccc2)=N3)c1. The highest BCUT2D eigenvalue weighted by molar-refractivity contribution is 8.13. The number of nitrogen functional groups attached to an aromatic ring is 1. The zero-order valence-electron chi connectivity index (χ0n) is 17.1. The van der Waals surface area contributed by atoms with Crippen LogP contribution in [0.1, 0.15) is 28.8 Å². The van der Waals surface area contributed by atoms with E-state index in [2.05, 4.69) is 10.3 Å². The second-order valence-electron chi connectivity index (χ2n) is 8.50. The highest BCUT2D eigenvalue weighted by atomic mass is 32.2. The predicted octanol–water partition coefficient (Wildman–Crippen LogP) is 4.20. The number of halogens is 3. The lowest BCUT2D eigenvalue weighted by Crippen LogP contribution is -2.49. The first-order chi connectivity index (χ1) is 15.3. The topological polar surface area (TPSA) is 76.7 Å². The van der Waals surface area contributed by atoms with Crippen molar-refractivity contribution in [2.75, 3.05) is 18.1 Å². The Balaban J connectivity index is 1.54. The maximum atomic E-state index is 15.1. The molecule has 0 spiro atoms. The van der Waals surface area contributed by atoms with E-state index in [4.69, 9.17) is 10.5 Å². The first kappa shape index (κ1) is 21.3. The molecule has 1 aliphatic carbocycles. The molecule has 32 heavy (non-hydrogen) atoms. The second kappa shape index (κ2) is 7.81. The molecule has 3 N–H and O–H groups in total. The molecule has 2 aromatic rings. The maximum absolute atomic E-state index is 15.1. The molecular formula is C23H22F3N3O2S. The zero-order chi connectivity index (χ0) is 22.5. The first-order valence-corrected chi connectivity index (χ1v) is 11.4. The molecule has 1 saturated heterocycles. The number of carbonyl (C=O) groups is 1. The summed E-state index contributed by atoms with van der Waals surface area (Å²) in [7, 11) is 0.